The van der Waals surface area contributed by atoms with E-state index in [1.807, 2.05) is 0 Å². The predicted molar refractivity (Wildman–Crippen MR) is 80.2 cm³/mol. The maximum absolute atomic E-state index is 6.72. The minimum Gasteiger partial charge on any atom is -0.321 e. The first-order valence-electron chi connectivity index (χ1n) is 7.02. The molecule has 0 radical (unpaired) electrons. The van der Waals surface area contributed by atoms with Crippen LogP contribution in [0.15, 0.2) is 42.5 Å². The first-order chi connectivity index (χ1) is 9.08. The summed E-state index contributed by atoms with van der Waals surface area (Å²) in [5.74, 6) is 0. The number of fused-ring (bicyclic) bond motifs is 1. The van der Waals surface area contributed by atoms with Crippen LogP contribution in [0.2, 0.25) is 0 Å². The van der Waals surface area contributed by atoms with Crippen LogP contribution >= 0.6 is 0 Å². The van der Waals surface area contributed by atoms with Gasteiger partial charge in [-0.3, -0.25) is 0 Å². The topological polar surface area (TPSA) is 26.0 Å². The lowest BCUT2D eigenvalue weighted by Gasteiger charge is -2.26. The summed E-state index contributed by atoms with van der Waals surface area (Å²) < 4.78 is 0. The second-order valence-electron chi connectivity index (χ2n) is 5.92. The van der Waals surface area contributed by atoms with E-state index in [9.17, 15) is 0 Å². The van der Waals surface area contributed by atoms with Crippen molar-refractivity contribution >= 4 is 0 Å². The van der Waals surface area contributed by atoms with E-state index < -0.39 is 0 Å². The highest BCUT2D eigenvalue weighted by atomic mass is 14.8. The van der Waals surface area contributed by atoms with Gasteiger partial charge in [0.2, 0.25) is 0 Å². The molecule has 1 aliphatic carbocycles. The minimum atomic E-state index is -0.185. The molecule has 0 spiro atoms. The van der Waals surface area contributed by atoms with Gasteiger partial charge in [-0.15, -0.1) is 0 Å². The van der Waals surface area contributed by atoms with E-state index in [0.717, 1.165) is 19.3 Å². The summed E-state index contributed by atoms with van der Waals surface area (Å²) in [6, 6.07) is 15.3. The Kier molecular flexibility index (Phi) is 2.94. The summed E-state index contributed by atoms with van der Waals surface area (Å²) >= 11 is 0. The van der Waals surface area contributed by atoms with Gasteiger partial charge in [0.15, 0.2) is 0 Å². The predicted octanol–water partition coefficient (Wildman–Crippen LogP) is 3.65. The lowest BCUT2D eigenvalue weighted by molar-refractivity contribution is 0.438. The van der Waals surface area contributed by atoms with E-state index in [0.29, 0.717) is 0 Å². The molecule has 2 N–H and O–H groups in total. The van der Waals surface area contributed by atoms with E-state index >= 15 is 0 Å². The van der Waals surface area contributed by atoms with Crippen LogP contribution in [0, 0.1) is 13.8 Å². The molecular formula is C18H21N. The zero-order valence-corrected chi connectivity index (χ0v) is 11.7. The first kappa shape index (κ1) is 12.4. The third-order valence-corrected chi connectivity index (χ3v) is 4.40. The van der Waals surface area contributed by atoms with Gasteiger partial charge >= 0.3 is 0 Å². The van der Waals surface area contributed by atoms with Crippen molar-refractivity contribution < 1.29 is 0 Å². The smallest absolute Gasteiger partial charge is 0.0456 e. The third-order valence-electron chi connectivity index (χ3n) is 4.40. The monoisotopic (exact) mass is 251 g/mol. The molecule has 3 rings (SSSR count). The molecule has 1 unspecified atom stereocenters. The second-order valence-corrected chi connectivity index (χ2v) is 5.92. The standard InChI is InChI=1S/C18H21N/c1-13-7-8-14(2)16(11-13)12-18(19)10-9-15-5-3-4-6-17(15)18/h3-8,11H,9-10,12,19H2,1-2H3. The molecule has 1 nitrogen and oxygen atoms in total. The van der Waals surface area contributed by atoms with Crippen LogP contribution in [0.3, 0.4) is 0 Å². The normalized spacial score (nSPS) is 21.4. The summed E-state index contributed by atoms with van der Waals surface area (Å²) in [7, 11) is 0. The fraction of sp³-hybridized carbons (Fsp3) is 0.333. The number of hydrogen-bond acceptors (Lipinski definition) is 1. The maximum atomic E-state index is 6.72. The van der Waals surface area contributed by atoms with Gasteiger partial charge in [0.05, 0.1) is 0 Å². The Morgan fingerprint density at radius 3 is 2.74 bits per heavy atom. The molecule has 0 amide bonds. The highest BCUT2D eigenvalue weighted by Gasteiger charge is 2.34. The highest BCUT2D eigenvalue weighted by molar-refractivity contribution is 5.41. The van der Waals surface area contributed by atoms with Gasteiger partial charge in [0.1, 0.15) is 0 Å². The van der Waals surface area contributed by atoms with Crippen molar-refractivity contribution in [1.82, 2.24) is 0 Å². The molecule has 0 aromatic heterocycles. The van der Waals surface area contributed by atoms with Crippen molar-refractivity contribution in [2.75, 3.05) is 0 Å². The lowest BCUT2D eigenvalue weighted by Crippen LogP contribution is -2.36. The SMILES string of the molecule is Cc1ccc(C)c(CC2(N)CCc3ccccc32)c1. The molecular weight excluding hydrogens is 230 g/mol. The van der Waals surface area contributed by atoms with Crippen LogP contribution in [-0.2, 0) is 18.4 Å². The maximum Gasteiger partial charge on any atom is 0.0456 e. The number of benzene rings is 2. The number of hydrogen-bond donors (Lipinski definition) is 1. The Balaban J connectivity index is 1.98. The van der Waals surface area contributed by atoms with Crippen LogP contribution in [0.1, 0.15) is 34.2 Å². The Morgan fingerprint density at radius 2 is 1.89 bits per heavy atom. The van der Waals surface area contributed by atoms with Crippen LogP contribution < -0.4 is 5.73 Å². The molecule has 98 valence electrons. The molecule has 0 aliphatic heterocycles. The van der Waals surface area contributed by atoms with Crippen molar-refractivity contribution in [2.24, 2.45) is 5.73 Å². The zero-order valence-electron chi connectivity index (χ0n) is 11.7. The fourth-order valence-corrected chi connectivity index (χ4v) is 3.23. The molecule has 1 atom stereocenters. The fourth-order valence-electron chi connectivity index (χ4n) is 3.23. The number of aryl methyl sites for hydroxylation is 3. The lowest BCUT2D eigenvalue weighted by atomic mass is 9.84. The molecule has 2 aromatic rings. The first-order valence-corrected chi connectivity index (χ1v) is 7.02. The van der Waals surface area contributed by atoms with E-state index in [-0.39, 0.29) is 5.54 Å². The van der Waals surface area contributed by atoms with Crippen LogP contribution in [0.25, 0.3) is 0 Å². The van der Waals surface area contributed by atoms with Gasteiger partial charge in [0.25, 0.3) is 0 Å². The summed E-state index contributed by atoms with van der Waals surface area (Å²) in [6.07, 6.45) is 3.11. The van der Waals surface area contributed by atoms with E-state index in [2.05, 4.69) is 56.3 Å². The van der Waals surface area contributed by atoms with Gasteiger partial charge in [-0.05, 0) is 55.4 Å². The molecule has 1 aliphatic rings. The van der Waals surface area contributed by atoms with Crippen LogP contribution in [-0.4, -0.2) is 0 Å². The molecule has 19 heavy (non-hydrogen) atoms. The second kappa shape index (κ2) is 4.50. The summed E-state index contributed by atoms with van der Waals surface area (Å²) in [4.78, 5) is 0. The van der Waals surface area contributed by atoms with Crippen molar-refractivity contribution in [3.8, 4) is 0 Å². The van der Waals surface area contributed by atoms with Crippen LogP contribution in [0.5, 0.6) is 0 Å². The molecule has 0 saturated heterocycles. The summed E-state index contributed by atoms with van der Waals surface area (Å²) in [5.41, 5.74) is 13.4. The average molecular weight is 251 g/mol. The van der Waals surface area contributed by atoms with E-state index in [4.69, 9.17) is 5.73 Å². The van der Waals surface area contributed by atoms with E-state index in [1.165, 1.54) is 27.8 Å². The van der Waals surface area contributed by atoms with Gasteiger partial charge < -0.3 is 5.73 Å². The average Bonchev–Trinajstić information content (AvgIpc) is 2.73. The Morgan fingerprint density at radius 1 is 1.11 bits per heavy atom. The van der Waals surface area contributed by atoms with Crippen molar-refractivity contribution in [3.05, 3.63) is 70.3 Å². The van der Waals surface area contributed by atoms with Gasteiger partial charge in [-0.2, -0.15) is 0 Å². The molecule has 1 heteroatoms. The number of nitrogens with two attached hydrogens (primary N) is 1. The Labute approximate surface area is 115 Å². The van der Waals surface area contributed by atoms with Crippen molar-refractivity contribution in [2.45, 2.75) is 38.6 Å². The molecule has 0 saturated carbocycles. The summed E-state index contributed by atoms with van der Waals surface area (Å²) in [5, 5.41) is 0. The van der Waals surface area contributed by atoms with Crippen LogP contribution in [0.4, 0.5) is 0 Å². The Bertz CT molecular complexity index is 615. The van der Waals surface area contributed by atoms with Crippen molar-refractivity contribution in [1.29, 1.82) is 0 Å². The molecule has 0 fully saturated rings. The van der Waals surface area contributed by atoms with Crippen molar-refractivity contribution in [3.63, 3.8) is 0 Å². The molecule has 0 heterocycles. The largest absolute Gasteiger partial charge is 0.321 e. The minimum absolute atomic E-state index is 0.185. The van der Waals surface area contributed by atoms with E-state index in [1.54, 1.807) is 0 Å². The van der Waals surface area contributed by atoms with Gasteiger partial charge in [-0.25, -0.2) is 0 Å². The quantitative estimate of drug-likeness (QED) is 0.866. The van der Waals surface area contributed by atoms with Gasteiger partial charge in [-0.1, -0.05) is 48.0 Å². The number of rotatable bonds is 2. The molecule has 2 aromatic carbocycles. The Hall–Kier alpha value is -1.60. The zero-order chi connectivity index (χ0) is 13.5. The summed E-state index contributed by atoms with van der Waals surface area (Å²) in [6.45, 7) is 4.33. The molecule has 0 bridgehead atoms. The third kappa shape index (κ3) is 2.19. The highest BCUT2D eigenvalue weighted by Crippen LogP contribution is 2.37. The van der Waals surface area contributed by atoms with Gasteiger partial charge in [0, 0.05) is 5.54 Å².